The Morgan fingerprint density at radius 1 is 1.52 bits per heavy atom. The first-order valence-electron chi connectivity index (χ1n) is 6.08. The Bertz CT molecular complexity index is 746. The van der Waals surface area contributed by atoms with E-state index in [0.29, 0.717) is 11.3 Å². The van der Waals surface area contributed by atoms with Crippen LogP contribution in [0.3, 0.4) is 0 Å². The lowest BCUT2D eigenvalue weighted by atomic mass is 10.1. The van der Waals surface area contributed by atoms with Gasteiger partial charge in [-0.25, -0.2) is 9.18 Å². The van der Waals surface area contributed by atoms with Crippen molar-refractivity contribution in [3.8, 4) is 6.07 Å². The molecule has 0 aliphatic heterocycles. The summed E-state index contributed by atoms with van der Waals surface area (Å²) in [6, 6.07) is 5.59. The second-order valence-corrected chi connectivity index (χ2v) is 4.51. The van der Waals surface area contributed by atoms with Gasteiger partial charge in [0, 0.05) is 7.05 Å². The van der Waals surface area contributed by atoms with Crippen LogP contribution in [0.2, 0.25) is 0 Å². The Morgan fingerprint density at radius 3 is 2.81 bits per heavy atom. The first-order valence-corrected chi connectivity index (χ1v) is 6.08. The predicted octanol–water partition coefficient (Wildman–Crippen LogP) is 1.68. The molecule has 1 heterocycles. The van der Waals surface area contributed by atoms with Crippen molar-refractivity contribution in [3.05, 3.63) is 46.5 Å². The molecule has 0 saturated carbocycles. The van der Waals surface area contributed by atoms with Gasteiger partial charge in [-0.15, -0.1) is 0 Å². The van der Waals surface area contributed by atoms with Gasteiger partial charge >= 0.3 is 5.97 Å². The van der Waals surface area contributed by atoms with Crippen molar-refractivity contribution in [2.24, 2.45) is 7.05 Å². The van der Waals surface area contributed by atoms with E-state index >= 15 is 0 Å². The number of halogens is 1. The fourth-order valence-electron chi connectivity index (χ4n) is 1.93. The summed E-state index contributed by atoms with van der Waals surface area (Å²) < 4.78 is 19.7. The number of carbonyl (C=O) groups is 1. The zero-order chi connectivity index (χ0) is 15.6. The summed E-state index contributed by atoms with van der Waals surface area (Å²) in [4.78, 5) is 12.0. The molecule has 0 radical (unpaired) electrons. The molecule has 0 amide bonds. The van der Waals surface area contributed by atoms with Crippen LogP contribution >= 0.6 is 0 Å². The average Bonchev–Trinajstić information content (AvgIpc) is 2.69. The van der Waals surface area contributed by atoms with E-state index in [-0.39, 0.29) is 23.6 Å². The number of anilines is 1. The average molecular weight is 288 g/mol. The number of carbonyl (C=O) groups excluding carboxylic acids is 1. The molecule has 1 aromatic heterocycles. The lowest BCUT2D eigenvalue weighted by Gasteiger charge is -2.06. The molecule has 2 N–H and O–H groups in total. The molecule has 0 atom stereocenters. The fourth-order valence-corrected chi connectivity index (χ4v) is 1.93. The quantitative estimate of drug-likeness (QED) is 0.867. The molecule has 0 aliphatic rings. The third kappa shape index (κ3) is 3.00. The molecule has 0 bridgehead atoms. The summed E-state index contributed by atoms with van der Waals surface area (Å²) in [5.74, 6) is -1.21. The van der Waals surface area contributed by atoms with Gasteiger partial charge in [-0.2, -0.15) is 10.4 Å². The number of rotatable bonds is 3. The standard InChI is InChI=1S/C14H13FN4O2/c1-8-12(17)13(19(2)18-8)14(20)21-7-10-3-9(6-16)4-11(15)5-10/h3-5H,7,17H2,1-2H3. The number of esters is 1. The third-order valence-electron chi connectivity index (χ3n) is 2.92. The van der Waals surface area contributed by atoms with Gasteiger partial charge in [-0.1, -0.05) is 0 Å². The summed E-state index contributed by atoms with van der Waals surface area (Å²) in [7, 11) is 1.58. The molecule has 0 unspecified atom stereocenters. The van der Waals surface area contributed by atoms with Crippen LogP contribution in [-0.4, -0.2) is 15.7 Å². The molecule has 7 heteroatoms. The van der Waals surface area contributed by atoms with E-state index < -0.39 is 11.8 Å². The number of aryl methyl sites for hydroxylation is 2. The summed E-state index contributed by atoms with van der Waals surface area (Å²) >= 11 is 0. The molecular formula is C14H13FN4O2. The lowest BCUT2D eigenvalue weighted by Crippen LogP contribution is -2.12. The van der Waals surface area contributed by atoms with E-state index in [1.54, 1.807) is 14.0 Å². The summed E-state index contributed by atoms with van der Waals surface area (Å²) in [5.41, 5.74) is 7.23. The minimum atomic E-state index is -0.654. The van der Waals surface area contributed by atoms with Crippen molar-refractivity contribution in [1.82, 2.24) is 9.78 Å². The smallest absolute Gasteiger partial charge is 0.359 e. The number of nitrogen functional groups attached to an aromatic ring is 1. The van der Waals surface area contributed by atoms with Gasteiger partial charge in [0.05, 0.1) is 23.0 Å². The molecule has 0 spiro atoms. The van der Waals surface area contributed by atoms with Crippen LogP contribution in [-0.2, 0) is 18.4 Å². The molecule has 108 valence electrons. The minimum absolute atomic E-state index is 0.143. The molecule has 6 nitrogen and oxygen atoms in total. The first-order chi connectivity index (χ1) is 9.92. The van der Waals surface area contributed by atoms with Gasteiger partial charge in [-0.3, -0.25) is 4.68 Å². The second kappa shape index (κ2) is 5.63. The Kier molecular flexibility index (Phi) is 3.89. The maximum atomic E-state index is 13.3. The number of nitrogens with zero attached hydrogens (tertiary/aromatic N) is 3. The van der Waals surface area contributed by atoms with Crippen LogP contribution in [0.4, 0.5) is 10.1 Å². The van der Waals surface area contributed by atoms with E-state index in [1.807, 2.05) is 6.07 Å². The zero-order valence-corrected chi connectivity index (χ0v) is 11.6. The lowest BCUT2D eigenvalue weighted by molar-refractivity contribution is 0.0460. The van der Waals surface area contributed by atoms with E-state index in [1.165, 1.54) is 16.8 Å². The van der Waals surface area contributed by atoms with Crippen LogP contribution in [0.15, 0.2) is 18.2 Å². The van der Waals surface area contributed by atoms with E-state index in [2.05, 4.69) is 5.10 Å². The van der Waals surface area contributed by atoms with Gasteiger partial charge in [0.2, 0.25) is 0 Å². The van der Waals surface area contributed by atoms with Crippen molar-refractivity contribution >= 4 is 11.7 Å². The van der Waals surface area contributed by atoms with Crippen molar-refractivity contribution in [2.45, 2.75) is 13.5 Å². The highest BCUT2D eigenvalue weighted by molar-refractivity contribution is 5.93. The van der Waals surface area contributed by atoms with E-state index in [9.17, 15) is 9.18 Å². The Hall–Kier alpha value is -2.88. The number of nitriles is 1. The zero-order valence-electron chi connectivity index (χ0n) is 11.6. The molecule has 0 aliphatic carbocycles. The fraction of sp³-hybridized carbons (Fsp3) is 0.214. The predicted molar refractivity (Wildman–Crippen MR) is 72.6 cm³/mol. The summed E-state index contributed by atoms with van der Waals surface area (Å²) in [5, 5.41) is 12.8. The molecule has 21 heavy (non-hydrogen) atoms. The third-order valence-corrected chi connectivity index (χ3v) is 2.92. The highest BCUT2D eigenvalue weighted by Crippen LogP contribution is 2.17. The Morgan fingerprint density at radius 2 is 2.24 bits per heavy atom. The van der Waals surface area contributed by atoms with Gasteiger partial charge in [0.15, 0.2) is 5.69 Å². The van der Waals surface area contributed by atoms with Gasteiger partial charge in [0.1, 0.15) is 12.4 Å². The molecule has 0 saturated heterocycles. The Balaban J connectivity index is 2.15. The SMILES string of the molecule is Cc1nn(C)c(C(=O)OCc2cc(F)cc(C#N)c2)c1N. The molecule has 2 aromatic rings. The number of benzene rings is 1. The van der Waals surface area contributed by atoms with Crippen molar-refractivity contribution < 1.29 is 13.9 Å². The monoisotopic (exact) mass is 288 g/mol. The van der Waals surface area contributed by atoms with Gasteiger partial charge in [-0.05, 0) is 30.7 Å². The maximum absolute atomic E-state index is 13.3. The van der Waals surface area contributed by atoms with Crippen LogP contribution in [0.5, 0.6) is 0 Å². The highest BCUT2D eigenvalue weighted by Gasteiger charge is 2.19. The van der Waals surface area contributed by atoms with Crippen LogP contribution < -0.4 is 5.73 Å². The van der Waals surface area contributed by atoms with Crippen molar-refractivity contribution in [1.29, 1.82) is 5.26 Å². The molecular weight excluding hydrogens is 275 g/mol. The molecule has 1 aromatic carbocycles. The number of ether oxygens (including phenoxy) is 1. The molecule has 0 fully saturated rings. The second-order valence-electron chi connectivity index (χ2n) is 4.51. The number of hydrogen-bond donors (Lipinski definition) is 1. The van der Waals surface area contributed by atoms with Crippen molar-refractivity contribution in [2.75, 3.05) is 5.73 Å². The van der Waals surface area contributed by atoms with Crippen LogP contribution in [0.1, 0.15) is 27.3 Å². The maximum Gasteiger partial charge on any atom is 0.359 e. The van der Waals surface area contributed by atoms with E-state index in [4.69, 9.17) is 15.7 Å². The molecule has 2 rings (SSSR count). The van der Waals surface area contributed by atoms with Gasteiger partial charge in [0.25, 0.3) is 0 Å². The minimum Gasteiger partial charge on any atom is -0.456 e. The highest BCUT2D eigenvalue weighted by atomic mass is 19.1. The normalized spacial score (nSPS) is 10.2. The van der Waals surface area contributed by atoms with Crippen LogP contribution in [0, 0.1) is 24.1 Å². The summed E-state index contributed by atoms with van der Waals surface area (Å²) in [6.07, 6.45) is 0. The van der Waals surface area contributed by atoms with E-state index in [0.717, 1.165) is 6.07 Å². The largest absolute Gasteiger partial charge is 0.456 e. The topological polar surface area (TPSA) is 93.9 Å². The van der Waals surface area contributed by atoms with Gasteiger partial charge < -0.3 is 10.5 Å². The summed E-state index contributed by atoms with van der Waals surface area (Å²) in [6.45, 7) is 1.52. The van der Waals surface area contributed by atoms with Crippen molar-refractivity contribution in [3.63, 3.8) is 0 Å². The van der Waals surface area contributed by atoms with Crippen LogP contribution in [0.25, 0.3) is 0 Å². The first kappa shape index (κ1) is 14.5. The number of nitrogens with two attached hydrogens (primary N) is 1. The Labute approximate surface area is 120 Å². The number of hydrogen-bond acceptors (Lipinski definition) is 5. The number of aromatic nitrogens is 2.